The lowest BCUT2D eigenvalue weighted by atomic mass is 9.90. The van der Waals surface area contributed by atoms with Crippen molar-refractivity contribution in [3.63, 3.8) is 0 Å². The molecule has 1 aliphatic rings. The zero-order valence-corrected chi connectivity index (χ0v) is 7.57. The molecule has 1 fully saturated rings. The zero-order chi connectivity index (χ0) is 9.31. The predicted octanol–water partition coefficient (Wildman–Crippen LogP) is 1.58. The Morgan fingerprint density at radius 3 is 2.69 bits per heavy atom. The summed E-state index contributed by atoms with van der Waals surface area (Å²) < 4.78 is 5.14. The Labute approximate surface area is 77.5 Å². The molecule has 72 valence electrons. The van der Waals surface area contributed by atoms with Crippen LogP contribution in [-0.4, -0.2) is 10.6 Å². The Balaban J connectivity index is 2.16. The smallest absolute Gasteiger partial charge is 0.134 e. The number of hydrogen-bond donors (Lipinski definition) is 2. The molecule has 0 aromatic carbocycles. The Kier molecular flexibility index (Phi) is 2.14. The van der Waals surface area contributed by atoms with Gasteiger partial charge in [-0.05, 0) is 25.0 Å². The summed E-state index contributed by atoms with van der Waals surface area (Å²) in [5.74, 6) is 0.587. The third-order valence-corrected chi connectivity index (χ3v) is 2.89. The van der Waals surface area contributed by atoms with Crippen molar-refractivity contribution in [3.8, 4) is 0 Å². The average molecular weight is 181 g/mol. The van der Waals surface area contributed by atoms with Gasteiger partial charge in [0.05, 0.1) is 6.26 Å². The maximum atomic E-state index is 9.95. The summed E-state index contributed by atoms with van der Waals surface area (Å²) in [5.41, 5.74) is 5.62. The van der Waals surface area contributed by atoms with Crippen molar-refractivity contribution in [2.24, 2.45) is 5.73 Å². The van der Waals surface area contributed by atoms with Crippen molar-refractivity contribution in [2.45, 2.75) is 37.3 Å². The van der Waals surface area contributed by atoms with Gasteiger partial charge in [0.2, 0.25) is 0 Å². The molecule has 0 amide bonds. The van der Waals surface area contributed by atoms with Gasteiger partial charge >= 0.3 is 0 Å². The summed E-state index contributed by atoms with van der Waals surface area (Å²) >= 11 is 0. The number of hydrogen-bond acceptors (Lipinski definition) is 3. The first-order valence-corrected chi connectivity index (χ1v) is 4.73. The highest BCUT2D eigenvalue weighted by Gasteiger charge is 2.38. The molecule has 0 aliphatic heterocycles. The van der Waals surface area contributed by atoms with Crippen LogP contribution in [0.4, 0.5) is 0 Å². The molecule has 2 rings (SSSR count). The van der Waals surface area contributed by atoms with Gasteiger partial charge in [-0.25, -0.2) is 0 Å². The van der Waals surface area contributed by atoms with E-state index in [4.69, 9.17) is 10.2 Å². The second kappa shape index (κ2) is 3.16. The molecule has 1 atom stereocenters. The van der Waals surface area contributed by atoms with E-state index in [1.165, 1.54) is 0 Å². The molecule has 1 heterocycles. The molecular formula is C10H15NO2. The molecule has 3 nitrogen and oxygen atoms in total. The monoisotopic (exact) mass is 181 g/mol. The third kappa shape index (κ3) is 1.49. The van der Waals surface area contributed by atoms with Crippen molar-refractivity contribution in [1.29, 1.82) is 0 Å². The number of nitrogens with two attached hydrogens (primary N) is 1. The molecule has 1 aromatic rings. The number of furan rings is 1. The summed E-state index contributed by atoms with van der Waals surface area (Å²) in [6, 6.07) is 3.55. The zero-order valence-electron chi connectivity index (χ0n) is 7.57. The summed E-state index contributed by atoms with van der Waals surface area (Å²) in [5, 5.41) is 9.95. The van der Waals surface area contributed by atoms with Crippen LogP contribution in [0.3, 0.4) is 0 Å². The molecule has 3 heteroatoms. The van der Waals surface area contributed by atoms with Crippen LogP contribution in [0.25, 0.3) is 0 Å². The van der Waals surface area contributed by atoms with Crippen LogP contribution >= 0.6 is 0 Å². The third-order valence-electron chi connectivity index (χ3n) is 2.89. The van der Waals surface area contributed by atoms with Crippen LogP contribution in [0.2, 0.25) is 0 Å². The number of rotatable bonds is 2. The fourth-order valence-corrected chi connectivity index (χ4v) is 2.04. The van der Waals surface area contributed by atoms with E-state index in [0.717, 1.165) is 25.7 Å². The summed E-state index contributed by atoms with van der Waals surface area (Å²) in [6.45, 7) is 0. The van der Waals surface area contributed by atoms with E-state index in [0.29, 0.717) is 5.76 Å². The number of aliphatic hydroxyl groups is 1. The van der Waals surface area contributed by atoms with Gasteiger partial charge < -0.3 is 15.3 Å². The maximum absolute atomic E-state index is 9.95. The van der Waals surface area contributed by atoms with Gasteiger partial charge in [0.15, 0.2) is 0 Å². The highest BCUT2D eigenvalue weighted by molar-refractivity contribution is 5.10. The van der Waals surface area contributed by atoms with E-state index in [1.807, 2.05) is 0 Å². The lowest BCUT2D eigenvalue weighted by molar-refractivity contribution is 0.0668. The molecule has 1 aliphatic carbocycles. The lowest BCUT2D eigenvalue weighted by Gasteiger charge is -2.28. The normalized spacial score (nSPS) is 23.2. The van der Waals surface area contributed by atoms with Crippen molar-refractivity contribution in [2.75, 3.05) is 0 Å². The molecule has 0 saturated heterocycles. The molecule has 0 radical (unpaired) electrons. The second-order valence-electron chi connectivity index (χ2n) is 3.86. The van der Waals surface area contributed by atoms with Gasteiger partial charge in [0, 0.05) is 5.54 Å². The van der Waals surface area contributed by atoms with E-state index in [1.54, 1.807) is 18.4 Å². The minimum atomic E-state index is -0.648. The standard InChI is InChI=1S/C10H15NO2/c11-10(5-1-2-6-10)9(12)8-4-3-7-13-8/h3-4,7,9,12H,1-2,5-6,11H2. The fraction of sp³-hybridized carbons (Fsp3) is 0.600. The van der Waals surface area contributed by atoms with Gasteiger partial charge in [0.25, 0.3) is 0 Å². The fourth-order valence-electron chi connectivity index (χ4n) is 2.04. The Hall–Kier alpha value is -0.800. The van der Waals surface area contributed by atoms with Crippen molar-refractivity contribution in [3.05, 3.63) is 24.2 Å². The highest BCUT2D eigenvalue weighted by atomic mass is 16.4. The predicted molar refractivity (Wildman–Crippen MR) is 49.1 cm³/mol. The molecule has 1 aromatic heterocycles. The van der Waals surface area contributed by atoms with E-state index in [-0.39, 0.29) is 0 Å². The van der Waals surface area contributed by atoms with Crippen molar-refractivity contribution >= 4 is 0 Å². The van der Waals surface area contributed by atoms with Gasteiger partial charge in [-0.1, -0.05) is 12.8 Å². The maximum Gasteiger partial charge on any atom is 0.134 e. The minimum Gasteiger partial charge on any atom is -0.467 e. The van der Waals surface area contributed by atoms with E-state index in [9.17, 15) is 5.11 Å². The van der Waals surface area contributed by atoms with E-state index >= 15 is 0 Å². The quantitative estimate of drug-likeness (QED) is 0.728. The molecule has 1 saturated carbocycles. The van der Waals surface area contributed by atoms with Crippen LogP contribution in [0.1, 0.15) is 37.5 Å². The summed E-state index contributed by atoms with van der Waals surface area (Å²) in [4.78, 5) is 0. The minimum absolute atomic E-state index is 0.460. The lowest BCUT2D eigenvalue weighted by Crippen LogP contribution is -2.42. The van der Waals surface area contributed by atoms with Gasteiger partial charge in [-0.2, -0.15) is 0 Å². The highest BCUT2D eigenvalue weighted by Crippen LogP contribution is 2.37. The van der Waals surface area contributed by atoms with Crippen LogP contribution in [-0.2, 0) is 0 Å². The van der Waals surface area contributed by atoms with Crippen molar-refractivity contribution in [1.82, 2.24) is 0 Å². The van der Waals surface area contributed by atoms with Gasteiger partial charge in [0.1, 0.15) is 11.9 Å². The second-order valence-corrected chi connectivity index (χ2v) is 3.86. The molecule has 1 unspecified atom stereocenters. The first kappa shape index (κ1) is 8.78. The van der Waals surface area contributed by atoms with E-state index in [2.05, 4.69) is 0 Å². The SMILES string of the molecule is NC1(C(O)c2ccco2)CCCC1. The Morgan fingerprint density at radius 2 is 2.15 bits per heavy atom. The average Bonchev–Trinajstić information content (AvgIpc) is 2.73. The first-order chi connectivity index (χ1) is 6.22. The number of aliphatic hydroxyl groups excluding tert-OH is 1. The first-order valence-electron chi connectivity index (χ1n) is 4.73. The van der Waals surface area contributed by atoms with Crippen LogP contribution in [0.5, 0.6) is 0 Å². The summed E-state index contributed by atoms with van der Waals surface area (Å²) in [6.07, 6.45) is 4.90. The summed E-state index contributed by atoms with van der Waals surface area (Å²) in [7, 11) is 0. The topological polar surface area (TPSA) is 59.4 Å². The molecule has 3 N–H and O–H groups in total. The Morgan fingerprint density at radius 1 is 1.46 bits per heavy atom. The van der Waals surface area contributed by atoms with E-state index < -0.39 is 11.6 Å². The Bertz CT molecular complexity index is 262. The van der Waals surface area contributed by atoms with Crippen molar-refractivity contribution < 1.29 is 9.52 Å². The van der Waals surface area contributed by atoms with Gasteiger partial charge in [-0.3, -0.25) is 0 Å². The van der Waals surface area contributed by atoms with Crippen LogP contribution in [0.15, 0.2) is 22.8 Å². The van der Waals surface area contributed by atoms with Crippen LogP contribution < -0.4 is 5.73 Å². The molecule has 13 heavy (non-hydrogen) atoms. The molecule has 0 bridgehead atoms. The largest absolute Gasteiger partial charge is 0.467 e. The van der Waals surface area contributed by atoms with Gasteiger partial charge in [-0.15, -0.1) is 0 Å². The molecule has 0 spiro atoms. The van der Waals surface area contributed by atoms with Crippen LogP contribution in [0, 0.1) is 0 Å². The molecular weight excluding hydrogens is 166 g/mol.